The van der Waals surface area contributed by atoms with Crippen LogP contribution in [-0.4, -0.2) is 32.2 Å². The molecule has 0 aliphatic rings. The summed E-state index contributed by atoms with van der Waals surface area (Å²) in [7, 11) is 0. The van der Waals surface area contributed by atoms with Gasteiger partial charge in [-0.05, 0) is 30.2 Å². The van der Waals surface area contributed by atoms with Crippen molar-refractivity contribution in [2.45, 2.75) is 25.5 Å². The summed E-state index contributed by atoms with van der Waals surface area (Å²) in [5.41, 5.74) is 3.39. The number of carbonyl (C=O) groups is 2. The second-order valence-corrected chi connectivity index (χ2v) is 7.59. The highest BCUT2D eigenvalue weighted by molar-refractivity contribution is 7.99. The van der Waals surface area contributed by atoms with Crippen LogP contribution in [-0.2, 0) is 11.3 Å². The third-order valence-corrected chi connectivity index (χ3v) is 5.45. The lowest BCUT2D eigenvalue weighted by molar-refractivity contribution is -0.119. The van der Waals surface area contributed by atoms with E-state index in [4.69, 9.17) is 11.6 Å². The number of hydrogen-bond acceptors (Lipinski definition) is 5. The molecule has 1 heterocycles. The van der Waals surface area contributed by atoms with E-state index in [1.54, 1.807) is 23.0 Å². The van der Waals surface area contributed by atoms with Gasteiger partial charge < -0.3 is 5.32 Å². The average Bonchev–Trinajstić information content (AvgIpc) is 3.15. The predicted octanol–water partition coefficient (Wildman–Crippen LogP) is 3.84. The fraction of sp³-hybridized carbons (Fsp3) is 0.200. The monoisotopic (exact) mass is 414 g/mol. The number of aromatic nitrogens is 3. The van der Waals surface area contributed by atoms with E-state index in [0.717, 1.165) is 16.8 Å². The number of nitrogens with zero attached hydrogens (tertiary/aromatic N) is 3. The van der Waals surface area contributed by atoms with Crippen molar-refractivity contribution in [1.82, 2.24) is 20.1 Å². The van der Waals surface area contributed by atoms with Crippen molar-refractivity contribution in [3.63, 3.8) is 0 Å². The number of thioether (sulfide) groups is 1. The fourth-order valence-corrected chi connectivity index (χ4v) is 3.48. The molecule has 0 fully saturated rings. The first-order chi connectivity index (χ1) is 13.4. The molecule has 1 aromatic heterocycles. The summed E-state index contributed by atoms with van der Waals surface area (Å²) in [4.78, 5) is 23.5. The van der Waals surface area contributed by atoms with Crippen LogP contribution in [0.4, 0.5) is 0 Å². The van der Waals surface area contributed by atoms with Crippen LogP contribution in [0.25, 0.3) is 5.69 Å². The predicted molar refractivity (Wildman–Crippen MR) is 110 cm³/mol. The van der Waals surface area contributed by atoms with E-state index >= 15 is 0 Å². The summed E-state index contributed by atoms with van der Waals surface area (Å²) < 4.78 is 1.81. The number of Topliss-reactive ketones (excluding diaryl/α,β-unsaturated/α-hetero) is 1. The first kappa shape index (κ1) is 20.1. The van der Waals surface area contributed by atoms with Gasteiger partial charge in [-0.25, -0.2) is 0 Å². The summed E-state index contributed by atoms with van der Waals surface area (Å²) in [6.45, 7) is 3.85. The summed E-state index contributed by atoms with van der Waals surface area (Å²) in [5, 5.41) is 12.1. The largest absolute Gasteiger partial charge is 0.352 e. The molecule has 0 bridgehead atoms. The lowest BCUT2D eigenvalue weighted by Crippen LogP contribution is -2.18. The molecule has 28 heavy (non-hydrogen) atoms. The molecule has 1 amide bonds. The molecule has 3 rings (SSSR count). The number of nitrogens with one attached hydrogen (secondary N) is 1. The molecule has 0 saturated heterocycles. The van der Waals surface area contributed by atoms with Crippen molar-refractivity contribution in [3.05, 3.63) is 70.5 Å². The van der Waals surface area contributed by atoms with Gasteiger partial charge in [-0.1, -0.05) is 53.7 Å². The highest BCUT2D eigenvalue weighted by atomic mass is 35.5. The quantitative estimate of drug-likeness (QED) is 0.469. The summed E-state index contributed by atoms with van der Waals surface area (Å²) in [6, 6.07) is 12.9. The number of aryl methyl sites for hydroxylation is 1. The molecule has 0 aliphatic heterocycles. The number of amides is 1. The Balaban J connectivity index is 1.64. The van der Waals surface area contributed by atoms with Gasteiger partial charge in [0, 0.05) is 24.1 Å². The number of carbonyl (C=O) groups excluding carboxylic acids is 2. The number of halogens is 1. The SMILES string of the molecule is CC(=O)NCc1ccc(C(=O)CSc2nncn2-c2ccc(C)c(Cl)c2)cc1. The molecule has 1 N–H and O–H groups in total. The molecule has 8 heteroatoms. The Bertz CT molecular complexity index is 1000. The van der Waals surface area contributed by atoms with E-state index < -0.39 is 0 Å². The minimum absolute atomic E-state index is 0.00688. The fourth-order valence-electron chi connectivity index (χ4n) is 2.48. The van der Waals surface area contributed by atoms with E-state index in [1.165, 1.54) is 18.7 Å². The van der Waals surface area contributed by atoms with Crippen LogP contribution in [0.1, 0.15) is 28.4 Å². The van der Waals surface area contributed by atoms with Crippen molar-refractivity contribution < 1.29 is 9.59 Å². The molecule has 0 spiro atoms. The van der Waals surface area contributed by atoms with Crippen LogP contribution in [0.2, 0.25) is 5.02 Å². The van der Waals surface area contributed by atoms with Crippen molar-refractivity contribution in [3.8, 4) is 5.69 Å². The zero-order chi connectivity index (χ0) is 20.1. The van der Waals surface area contributed by atoms with Gasteiger partial charge in [-0.15, -0.1) is 10.2 Å². The highest BCUT2D eigenvalue weighted by Gasteiger charge is 2.12. The maximum absolute atomic E-state index is 12.5. The molecule has 2 aromatic carbocycles. The van der Waals surface area contributed by atoms with Crippen molar-refractivity contribution in [2.75, 3.05) is 5.75 Å². The van der Waals surface area contributed by atoms with Gasteiger partial charge in [-0.3, -0.25) is 14.2 Å². The Kier molecular flexibility index (Phi) is 6.49. The third-order valence-electron chi connectivity index (χ3n) is 4.10. The van der Waals surface area contributed by atoms with Crippen molar-refractivity contribution in [2.24, 2.45) is 0 Å². The smallest absolute Gasteiger partial charge is 0.217 e. The average molecular weight is 415 g/mol. The van der Waals surface area contributed by atoms with E-state index in [1.807, 2.05) is 37.3 Å². The minimum Gasteiger partial charge on any atom is -0.352 e. The highest BCUT2D eigenvalue weighted by Crippen LogP contribution is 2.24. The third kappa shape index (κ3) is 4.99. The molecule has 3 aromatic rings. The summed E-state index contributed by atoms with van der Waals surface area (Å²) in [6.07, 6.45) is 1.60. The lowest BCUT2D eigenvalue weighted by atomic mass is 10.1. The maximum atomic E-state index is 12.5. The lowest BCUT2D eigenvalue weighted by Gasteiger charge is -2.08. The molecule has 0 unspecified atom stereocenters. The zero-order valence-electron chi connectivity index (χ0n) is 15.5. The molecule has 0 atom stereocenters. The normalized spacial score (nSPS) is 10.7. The van der Waals surface area contributed by atoms with Gasteiger partial charge in [0.05, 0.1) is 11.4 Å². The van der Waals surface area contributed by atoms with Gasteiger partial charge >= 0.3 is 0 Å². The molecule has 0 saturated carbocycles. The number of ketones is 1. The van der Waals surface area contributed by atoms with Gasteiger partial charge in [0.25, 0.3) is 0 Å². The maximum Gasteiger partial charge on any atom is 0.217 e. The molecule has 144 valence electrons. The number of benzene rings is 2. The van der Waals surface area contributed by atoms with Crippen LogP contribution >= 0.6 is 23.4 Å². The zero-order valence-corrected chi connectivity index (χ0v) is 17.0. The van der Waals surface area contributed by atoms with Crippen LogP contribution < -0.4 is 5.32 Å². The van der Waals surface area contributed by atoms with E-state index in [0.29, 0.717) is 22.3 Å². The van der Waals surface area contributed by atoms with Crippen LogP contribution in [0.3, 0.4) is 0 Å². The van der Waals surface area contributed by atoms with Crippen molar-refractivity contribution in [1.29, 1.82) is 0 Å². The van der Waals surface area contributed by atoms with Gasteiger partial charge in [0.15, 0.2) is 10.9 Å². The first-order valence-electron chi connectivity index (χ1n) is 8.60. The number of rotatable bonds is 7. The van der Waals surface area contributed by atoms with Crippen LogP contribution in [0, 0.1) is 6.92 Å². The van der Waals surface area contributed by atoms with E-state index in [2.05, 4.69) is 15.5 Å². The van der Waals surface area contributed by atoms with E-state index in [-0.39, 0.29) is 17.4 Å². The molecule has 0 aliphatic carbocycles. The van der Waals surface area contributed by atoms with Crippen LogP contribution in [0.5, 0.6) is 0 Å². The summed E-state index contributed by atoms with van der Waals surface area (Å²) in [5.74, 6) is 0.145. The Labute approximate surface area is 172 Å². The second kappa shape index (κ2) is 9.03. The Morgan fingerprint density at radius 2 is 1.93 bits per heavy atom. The van der Waals surface area contributed by atoms with Gasteiger partial charge in [0.1, 0.15) is 6.33 Å². The van der Waals surface area contributed by atoms with Crippen LogP contribution in [0.15, 0.2) is 53.9 Å². The molecular formula is C20H19ClN4O2S. The summed E-state index contributed by atoms with van der Waals surface area (Å²) >= 11 is 7.52. The number of hydrogen-bond donors (Lipinski definition) is 1. The first-order valence-corrected chi connectivity index (χ1v) is 9.96. The van der Waals surface area contributed by atoms with Gasteiger partial charge in [-0.2, -0.15) is 0 Å². The van der Waals surface area contributed by atoms with E-state index in [9.17, 15) is 9.59 Å². The standard InChI is InChI=1S/C20H19ClN4O2S/c1-13-3-8-17(9-18(13)21)25-12-23-24-20(25)28-11-19(27)16-6-4-15(5-7-16)10-22-14(2)26/h3-9,12H,10-11H2,1-2H3,(H,22,26). The topological polar surface area (TPSA) is 76.9 Å². The molecule has 6 nitrogen and oxygen atoms in total. The Morgan fingerprint density at radius 1 is 1.18 bits per heavy atom. The van der Waals surface area contributed by atoms with Crippen molar-refractivity contribution >= 4 is 35.1 Å². The molecular weight excluding hydrogens is 396 g/mol. The second-order valence-electron chi connectivity index (χ2n) is 6.24. The van der Waals surface area contributed by atoms with Gasteiger partial charge in [0.2, 0.25) is 5.91 Å². The Hall–Kier alpha value is -2.64. The minimum atomic E-state index is -0.0875. The molecule has 0 radical (unpaired) electrons. The Morgan fingerprint density at radius 3 is 2.61 bits per heavy atom.